The maximum absolute atomic E-state index is 11.9. The molecule has 2 aliphatic rings. The lowest BCUT2D eigenvalue weighted by atomic mass is 10.1. The zero-order chi connectivity index (χ0) is 29.1. The van der Waals surface area contributed by atoms with Crippen molar-refractivity contribution in [2.24, 2.45) is 0 Å². The third-order valence-corrected chi connectivity index (χ3v) is 9.93. The SMILES string of the molecule is C[Si]1(C)OCc2cccc(CN(CC(=O)O)CC(CO)N(CC(=O)O)Cc3cccc4c3O[Si](C)(C)OC4)c2O1. The molecular weight excluding hydrogens is 552 g/mol. The molecule has 1 atom stereocenters. The van der Waals surface area contributed by atoms with Gasteiger partial charge < -0.3 is 33.0 Å². The van der Waals surface area contributed by atoms with E-state index in [1.165, 1.54) is 0 Å². The van der Waals surface area contributed by atoms with E-state index in [2.05, 4.69) is 0 Å². The van der Waals surface area contributed by atoms with E-state index in [9.17, 15) is 24.9 Å². The summed E-state index contributed by atoms with van der Waals surface area (Å²) in [7, 11) is -4.74. The van der Waals surface area contributed by atoms with Gasteiger partial charge in [0.05, 0.1) is 32.9 Å². The molecule has 0 fully saturated rings. The highest BCUT2D eigenvalue weighted by Gasteiger charge is 2.35. The predicted octanol–water partition coefficient (Wildman–Crippen LogP) is 2.74. The average Bonchev–Trinajstić information content (AvgIpc) is 2.86. The van der Waals surface area contributed by atoms with E-state index in [1.807, 2.05) is 62.6 Å². The minimum absolute atomic E-state index is 0.121. The number of rotatable bonds is 12. The summed E-state index contributed by atoms with van der Waals surface area (Å²) in [6.45, 7) is 8.24. The Kier molecular flexibility index (Phi) is 9.34. The zero-order valence-electron chi connectivity index (χ0n) is 23.4. The first kappa shape index (κ1) is 30.2. The van der Waals surface area contributed by atoms with Gasteiger partial charge >= 0.3 is 29.1 Å². The lowest BCUT2D eigenvalue weighted by Gasteiger charge is -2.36. The molecule has 0 saturated carbocycles. The summed E-state index contributed by atoms with van der Waals surface area (Å²) < 4.78 is 24.2. The van der Waals surface area contributed by atoms with E-state index in [0.29, 0.717) is 24.7 Å². The van der Waals surface area contributed by atoms with Gasteiger partial charge in [0, 0.05) is 47.9 Å². The van der Waals surface area contributed by atoms with Crippen LogP contribution in [0.15, 0.2) is 36.4 Å². The lowest BCUT2D eigenvalue weighted by molar-refractivity contribution is -0.141. The molecule has 1 unspecified atom stereocenters. The molecule has 0 spiro atoms. The summed E-state index contributed by atoms with van der Waals surface area (Å²) in [6, 6.07) is 10.7. The number of para-hydroxylation sites is 2. The first-order valence-corrected chi connectivity index (χ1v) is 18.9. The summed E-state index contributed by atoms with van der Waals surface area (Å²) in [5.41, 5.74) is 3.40. The molecule has 4 rings (SSSR count). The molecule has 2 aliphatic heterocycles. The number of aliphatic hydroxyl groups excluding tert-OH is 1. The molecule has 40 heavy (non-hydrogen) atoms. The third-order valence-electron chi connectivity index (χ3n) is 6.86. The Morgan fingerprint density at radius 2 is 1.32 bits per heavy atom. The van der Waals surface area contributed by atoms with Gasteiger partial charge in [-0.1, -0.05) is 36.4 Å². The number of aliphatic carboxylic acids is 2. The molecule has 0 aromatic heterocycles. The van der Waals surface area contributed by atoms with Gasteiger partial charge in [-0.3, -0.25) is 19.4 Å². The van der Waals surface area contributed by atoms with Crippen LogP contribution in [-0.4, -0.2) is 86.5 Å². The van der Waals surface area contributed by atoms with Crippen molar-refractivity contribution in [3.05, 3.63) is 58.7 Å². The molecule has 2 aromatic carbocycles. The van der Waals surface area contributed by atoms with Crippen LogP contribution in [0.1, 0.15) is 22.3 Å². The Bertz CT molecular complexity index is 1240. The van der Waals surface area contributed by atoms with Crippen molar-refractivity contribution in [3.63, 3.8) is 0 Å². The molecule has 0 amide bonds. The highest BCUT2D eigenvalue weighted by Crippen LogP contribution is 2.35. The van der Waals surface area contributed by atoms with Gasteiger partial charge in [-0.2, -0.15) is 0 Å². The number of aliphatic hydroxyl groups is 1. The van der Waals surface area contributed by atoms with Crippen LogP contribution in [-0.2, 0) is 44.7 Å². The van der Waals surface area contributed by atoms with Gasteiger partial charge in [-0.05, 0) is 26.2 Å². The highest BCUT2D eigenvalue weighted by molar-refractivity contribution is 6.65. The molecule has 0 bridgehead atoms. The van der Waals surface area contributed by atoms with E-state index < -0.39 is 35.1 Å². The van der Waals surface area contributed by atoms with Gasteiger partial charge in [-0.25, -0.2) is 0 Å². The van der Waals surface area contributed by atoms with Crippen LogP contribution in [0, 0.1) is 0 Å². The minimum Gasteiger partial charge on any atom is -0.520 e. The van der Waals surface area contributed by atoms with E-state index in [-0.39, 0.29) is 39.3 Å². The normalized spacial score (nSPS) is 17.9. The van der Waals surface area contributed by atoms with Gasteiger partial charge in [-0.15, -0.1) is 0 Å². The van der Waals surface area contributed by atoms with E-state index in [4.69, 9.17) is 17.7 Å². The predicted molar refractivity (Wildman–Crippen MR) is 151 cm³/mol. The summed E-state index contributed by atoms with van der Waals surface area (Å²) in [5, 5.41) is 29.8. The lowest BCUT2D eigenvalue weighted by Crippen LogP contribution is -2.49. The molecular formula is C27H38N2O9Si2. The fourth-order valence-electron chi connectivity index (χ4n) is 4.98. The Hall–Kier alpha value is -2.79. The quantitative estimate of drug-likeness (QED) is 0.315. The number of hydrogen-bond donors (Lipinski definition) is 3. The smallest absolute Gasteiger partial charge is 0.392 e. The summed E-state index contributed by atoms with van der Waals surface area (Å²) in [4.78, 5) is 27.1. The summed E-state index contributed by atoms with van der Waals surface area (Å²) >= 11 is 0. The van der Waals surface area contributed by atoms with Crippen molar-refractivity contribution < 1.29 is 42.6 Å². The minimum atomic E-state index is -2.38. The zero-order valence-corrected chi connectivity index (χ0v) is 25.4. The standard InChI is InChI=1S/C27H38N2O9Si2/c1-39(2)35-17-21-9-5-7-19(26(21)37-39)11-28(14-24(31)32)13-23(16-30)29(15-25(33)34)12-20-8-6-10-22-18-36-40(3,4)38-27(20)22/h5-10,23,30H,11-18H2,1-4H3,(H,31,32)(H,33,34). The average molecular weight is 591 g/mol. The number of fused-ring (bicyclic) bond motifs is 2. The van der Waals surface area contributed by atoms with Crippen molar-refractivity contribution in [1.29, 1.82) is 0 Å². The number of carboxylic acids is 2. The maximum Gasteiger partial charge on any atom is 0.392 e. The number of nitrogens with zero attached hydrogens (tertiary/aromatic N) is 2. The van der Waals surface area contributed by atoms with Crippen molar-refractivity contribution >= 4 is 29.1 Å². The number of carbonyl (C=O) groups is 2. The first-order valence-electron chi connectivity index (χ1n) is 13.2. The fraction of sp³-hybridized carbons (Fsp3) is 0.481. The molecule has 0 saturated heterocycles. The van der Waals surface area contributed by atoms with Crippen molar-refractivity contribution in [1.82, 2.24) is 9.80 Å². The van der Waals surface area contributed by atoms with E-state index in [0.717, 1.165) is 22.3 Å². The monoisotopic (exact) mass is 590 g/mol. The largest absolute Gasteiger partial charge is 0.520 e. The Morgan fingerprint density at radius 3 is 1.80 bits per heavy atom. The van der Waals surface area contributed by atoms with E-state index >= 15 is 0 Å². The third kappa shape index (κ3) is 7.69. The number of carboxylic acid groups (broad SMARTS) is 2. The highest BCUT2D eigenvalue weighted by atomic mass is 28.4. The van der Waals surface area contributed by atoms with Gasteiger partial charge in [0.25, 0.3) is 0 Å². The molecule has 3 N–H and O–H groups in total. The Balaban J connectivity index is 1.59. The van der Waals surface area contributed by atoms with Crippen LogP contribution in [0.25, 0.3) is 0 Å². The Morgan fingerprint density at radius 1 is 0.825 bits per heavy atom. The molecule has 2 heterocycles. The van der Waals surface area contributed by atoms with Crippen molar-refractivity contribution in [2.45, 2.75) is 58.5 Å². The van der Waals surface area contributed by atoms with Crippen LogP contribution in [0.4, 0.5) is 0 Å². The van der Waals surface area contributed by atoms with Gasteiger partial charge in [0.15, 0.2) is 0 Å². The molecule has 13 heteroatoms. The molecule has 218 valence electrons. The van der Waals surface area contributed by atoms with Crippen LogP contribution in [0.3, 0.4) is 0 Å². The van der Waals surface area contributed by atoms with Crippen molar-refractivity contribution in [2.75, 3.05) is 26.2 Å². The second-order valence-corrected chi connectivity index (χ2v) is 17.7. The topological polar surface area (TPSA) is 138 Å². The summed E-state index contributed by atoms with van der Waals surface area (Å²) in [5.74, 6) is -0.666. The van der Waals surface area contributed by atoms with Gasteiger partial charge in [0.2, 0.25) is 0 Å². The fourth-order valence-corrected chi connectivity index (χ4v) is 7.61. The molecule has 0 radical (unpaired) electrons. The molecule has 11 nitrogen and oxygen atoms in total. The molecule has 0 aliphatic carbocycles. The second-order valence-electron chi connectivity index (χ2n) is 11.1. The van der Waals surface area contributed by atoms with Gasteiger partial charge in [0.1, 0.15) is 11.5 Å². The van der Waals surface area contributed by atoms with E-state index in [1.54, 1.807) is 9.80 Å². The van der Waals surface area contributed by atoms with Crippen LogP contribution < -0.4 is 8.85 Å². The number of benzene rings is 2. The Labute approximate surface area is 236 Å². The maximum atomic E-state index is 11.9. The molecule has 2 aromatic rings. The van der Waals surface area contributed by atoms with Crippen LogP contribution in [0.5, 0.6) is 11.5 Å². The van der Waals surface area contributed by atoms with Crippen molar-refractivity contribution in [3.8, 4) is 11.5 Å². The summed E-state index contributed by atoms with van der Waals surface area (Å²) in [6.07, 6.45) is 0. The second kappa shape index (κ2) is 12.4. The number of hydrogen-bond acceptors (Lipinski definition) is 9. The van der Waals surface area contributed by atoms with Crippen LogP contribution in [0.2, 0.25) is 26.2 Å². The first-order chi connectivity index (χ1) is 18.9. The van der Waals surface area contributed by atoms with Crippen LogP contribution >= 0.6 is 0 Å².